The van der Waals surface area contributed by atoms with Gasteiger partial charge in [0.1, 0.15) is 5.82 Å². The maximum Gasteiger partial charge on any atom is 0.333 e. The van der Waals surface area contributed by atoms with Gasteiger partial charge in [0.25, 0.3) is 5.91 Å². The number of aromatic nitrogens is 4. The molecule has 1 aromatic carbocycles. The Morgan fingerprint density at radius 2 is 1.83 bits per heavy atom. The summed E-state index contributed by atoms with van der Waals surface area (Å²) in [5, 5.41) is 10.1. The smallest absolute Gasteiger partial charge is 0.304 e. The van der Waals surface area contributed by atoms with Crippen molar-refractivity contribution in [3.05, 3.63) is 65.9 Å². The van der Waals surface area contributed by atoms with Crippen molar-refractivity contribution in [3.63, 3.8) is 0 Å². The first-order valence-corrected chi connectivity index (χ1v) is 6.94. The summed E-state index contributed by atoms with van der Waals surface area (Å²) >= 11 is 0. The number of benzene rings is 1. The van der Waals surface area contributed by atoms with Gasteiger partial charge in [-0.15, -0.1) is 0 Å². The number of hydrogen-bond donors (Lipinski definition) is 1. The molecule has 0 saturated heterocycles. The highest BCUT2D eigenvalue weighted by molar-refractivity contribution is 6.02. The number of carbonyl (C=O) groups excluding carboxylic acids is 1. The second kappa shape index (κ2) is 6.57. The first-order chi connectivity index (χ1) is 11.5. The number of nitrogens with zero attached hydrogens (tertiary/aromatic N) is 4. The Morgan fingerprint density at radius 3 is 2.50 bits per heavy atom. The Bertz CT molecular complexity index is 841. The molecule has 0 aliphatic heterocycles. The van der Waals surface area contributed by atoms with Crippen LogP contribution in [0.5, 0.6) is 0 Å². The van der Waals surface area contributed by atoms with Crippen molar-refractivity contribution in [2.75, 3.05) is 5.32 Å². The quantitative estimate of drug-likeness (QED) is 0.780. The number of hydrogen-bond acceptors (Lipinski definition) is 3. The molecule has 3 rings (SSSR count). The van der Waals surface area contributed by atoms with Crippen molar-refractivity contribution in [2.45, 2.75) is 13.1 Å². The van der Waals surface area contributed by atoms with Crippen LogP contribution in [0, 0.1) is 5.82 Å². The van der Waals surface area contributed by atoms with Crippen LogP contribution >= 0.6 is 0 Å². The molecule has 0 spiro atoms. The van der Waals surface area contributed by atoms with E-state index in [0.717, 1.165) is 11.8 Å². The minimum Gasteiger partial charge on any atom is -0.304 e. The molecule has 2 heterocycles. The van der Waals surface area contributed by atoms with E-state index in [1.165, 1.54) is 18.2 Å². The lowest BCUT2D eigenvalue weighted by molar-refractivity contribution is 0.0561. The molecule has 0 bridgehead atoms. The van der Waals surface area contributed by atoms with Gasteiger partial charge in [0.05, 0.1) is 6.54 Å². The molecule has 0 unspecified atom stereocenters. The molecular weight excluding hydrogens is 323 g/mol. The van der Waals surface area contributed by atoms with Gasteiger partial charge in [-0.2, -0.15) is 19.0 Å². The summed E-state index contributed by atoms with van der Waals surface area (Å²) < 4.78 is 39.7. The van der Waals surface area contributed by atoms with Gasteiger partial charge >= 0.3 is 6.55 Å². The van der Waals surface area contributed by atoms with Gasteiger partial charge in [0, 0.05) is 18.5 Å². The molecule has 0 fully saturated rings. The molecule has 1 N–H and O–H groups in total. The number of carbonyl (C=O) groups is 1. The molecule has 1 amide bonds. The highest BCUT2D eigenvalue weighted by atomic mass is 19.3. The average molecular weight is 335 g/mol. The minimum absolute atomic E-state index is 0.136. The topological polar surface area (TPSA) is 64.7 Å². The summed E-state index contributed by atoms with van der Waals surface area (Å²) in [4.78, 5) is 11.9. The highest BCUT2D eigenvalue weighted by Crippen LogP contribution is 2.11. The largest absolute Gasteiger partial charge is 0.333 e. The molecule has 0 aliphatic carbocycles. The van der Waals surface area contributed by atoms with E-state index in [1.807, 2.05) is 0 Å². The second-order valence-electron chi connectivity index (χ2n) is 4.94. The Kier molecular flexibility index (Phi) is 4.32. The Balaban J connectivity index is 1.64. The molecule has 124 valence electrons. The van der Waals surface area contributed by atoms with Gasteiger partial charge in [0.15, 0.2) is 11.5 Å². The van der Waals surface area contributed by atoms with Gasteiger partial charge < -0.3 is 5.32 Å². The lowest BCUT2D eigenvalue weighted by Crippen LogP contribution is -2.14. The molecule has 0 saturated carbocycles. The normalized spacial score (nSPS) is 11.0. The number of anilines is 1. The minimum atomic E-state index is -2.80. The number of rotatable bonds is 5. The average Bonchev–Trinajstić information content (AvgIpc) is 3.19. The maximum atomic E-state index is 12.9. The van der Waals surface area contributed by atoms with Gasteiger partial charge in [-0.1, -0.05) is 12.1 Å². The van der Waals surface area contributed by atoms with Gasteiger partial charge in [-0.05, 0) is 23.8 Å². The van der Waals surface area contributed by atoms with Crippen LogP contribution in [0.15, 0.2) is 48.8 Å². The SMILES string of the molecule is O=C(Nc1ccn(Cc2ccc(F)cc2)n1)c1ccn(C(F)F)n1. The summed E-state index contributed by atoms with van der Waals surface area (Å²) in [6.45, 7) is -2.41. The molecule has 24 heavy (non-hydrogen) atoms. The molecule has 0 aliphatic rings. The fourth-order valence-electron chi connectivity index (χ4n) is 2.04. The first kappa shape index (κ1) is 15.8. The molecule has 0 atom stereocenters. The van der Waals surface area contributed by atoms with Crippen molar-refractivity contribution >= 4 is 11.7 Å². The number of halogens is 3. The van der Waals surface area contributed by atoms with E-state index in [-0.39, 0.29) is 17.3 Å². The predicted octanol–water partition coefficient (Wildman–Crippen LogP) is 2.91. The van der Waals surface area contributed by atoms with E-state index in [4.69, 9.17) is 0 Å². The summed E-state index contributed by atoms with van der Waals surface area (Å²) in [6, 6.07) is 8.71. The van der Waals surface area contributed by atoms with Crippen molar-refractivity contribution in [1.29, 1.82) is 0 Å². The van der Waals surface area contributed by atoms with Crippen LogP contribution in [0.25, 0.3) is 0 Å². The van der Waals surface area contributed by atoms with E-state index >= 15 is 0 Å². The maximum absolute atomic E-state index is 12.9. The molecule has 2 aromatic heterocycles. The third kappa shape index (κ3) is 3.62. The summed E-state index contributed by atoms with van der Waals surface area (Å²) in [7, 11) is 0. The van der Waals surface area contributed by atoms with E-state index in [1.54, 1.807) is 29.1 Å². The van der Waals surface area contributed by atoms with Gasteiger partial charge in [-0.25, -0.2) is 9.07 Å². The molecular formula is C15H12F3N5O. The standard InChI is InChI=1S/C15H12F3N5O/c16-11-3-1-10(2-4-11)9-22-7-6-13(21-22)19-14(24)12-5-8-23(20-12)15(17)18/h1-8,15H,9H2,(H,19,21,24). The Hall–Kier alpha value is -3.10. The molecule has 6 nitrogen and oxygen atoms in total. The van der Waals surface area contributed by atoms with Gasteiger partial charge in [-0.3, -0.25) is 9.48 Å². The zero-order chi connectivity index (χ0) is 17.1. The van der Waals surface area contributed by atoms with Gasteiger partial charge in [0.2, 0.25) is 0 Å². The summed E-state index contributed by atoms with van der Waals surface area (Å²) in [5.74, 6) is -0.703. The molecule has 3 aromatic rings. The van der Waals surface area contributed by atoms with E-state index < -0.39 is 12.5 Å². The first-order valence-electron chi connectivity index (χ1n) is 6.94. The fraction of sp³-hybridized carbons (Fsp3) is 0.133. The number of amides is 1. The van der Waals surface area contributed by atoms with Crippen LogP contribution in [0.2, 0.25) is 0 Å². The summed E-state index contributed by atoms with van der Waals surface area (Å²) in [6.07, 6.45) is 2.66. The van der Waals surface area contributed by atoms with Crippen molar-refractivity contribution < 1.29 is 18.0 Å². The number of alkyl halides is 2. The fourth-order valence-corrected chi connectivity index (χ4v) is 2.04. The Labute approximate surface area is 134 Å². The van der Waals surface area contributed by atoms with Crippen LogP contribution < -0.4 is 5.32 Å². The summed E-state index contributed by atoms with van der Waals surface area (Å²) in [5.41, 5.74) is 0.705. The van der Waals surface area contributed by atoms with Crippen molar-refractivity contribution in [3.8, 4) is 0 Å². The predicted molar refractivity (Wildman–Crippen MR) is 79.2 cm³/mol. The monoisotopic (exact) mass is 335 g/mol. The molecule has 9 heteroatoms. The lowest BCUT2D eigenvalue weighted by Gasteiger charge is -2.02. The van der Waals surface area contributed by atoms with Crippen LogP contribution in [0.4, 0.5) is 19.0 Å². The number of nitrogens with one attached hydrogen (secondary N) is 1. The lowest BCUT2D eigenvalue weighted by atomic mass is 10.2. The third-order valence-corrected chi connectivity index (χ3v) is 3.18. The van der Waals surface area contributed by atoms with E-state index in [0.29, 0.717) is 11.2 Å². The molecule has 0 radical (unpaired) electrons. The second-order valence-corrected chi connectivity index (χ2v) is 4.94. The van der Waals surface area contributed by atoms with E-state index in [2.05, 4.69) is 15.5 Å². The third-order valence-electron chi connectivity index (χ3n) is 3.18. The van der Waals surface area contributed by atoms with Crippen molar-refractivity contribution in [1.82, 2.24) is 19.6 Å². The zero-order valence-corrected chi connectivity index (χ0v) is 12.2. The van der Waals surface area contributed by atoms with E-state index in [9.17, 15) is 18.0 Å². The van der Waals surface area contributed by atoms with Crippen LogP contribution in [0.1, 0.15) is 22.6 Å². The van der Waals surface area contributed by atoms with Crippen LogP contribution in [-0.4, -0.2) is 25.5 Å². The van der Waals surface area contributed by atoms with Crippen LogP contribution in [0.3, 0.4) is 0 Å². The van der Waals surface area contributed by atoms with Crippen molar-refractivity contribution in [2.24, 2.45) is 0 Å². The highest BCUT2D eigenvalue weighted by Gasteiger charge is 2.14. The van der Waals surface area contributed by atoms with Crippen LogP contribution in [-0.2, 0) is 6.54 Å². The zero-order valence-electron chi connectivity index (χ0n) is 12.2. The Morgan fingerprint density at radius 1 is 1.08 bits per heavy atom.